The van der Waals surface area contributed by atoms with Crippen molar-refractivity contribution >= 4 is 40.7 Å². The number of benzene rings is 1. The minimum Gasteiger partial charge on any atom is -0.504 e. The van der Waals surface area contributed by atoms with Gasteiger partial charge in [-0.1, -0.05) is 15.9 Å². The van der Waals surface area contributed by atoms with Gasteiger partial charge in [0.15, 0.2) is 11.5 Å². The molecule has 0 aromatic heterocycles. The van der Waals surface area contributed by atoms with Gasteiger partial charge in [0.1, 0.15) is 6.04 Å². The molecule has 2 rings (SSSR count). The van der Waals surface area contributed by atoms with E-state index in [1.54, 1.807) is 0 Å². The maximum Gasteiger partial charge on any atom is 0.408 e. The Hall–Kier alpha value is -0.410. The lowest BCUT2D eigenvalue weighted by Gasteiger charge is -2.36. The van der Waals surface area contributed by atoms with E-state index in [1.165, 1.54) is 24.1 Å². The molecule has 4 nitrogen and oxygen atoms in total. The standard InChI is InChI=1S/C13H16BrF3N2O2.2ClH/c1-21-10-7-8(14)6-9(11(10)20)12(13(15,16)17)19-4-2-18-3-5-19;;/h6-7,12,18,20H,2-5H2,1H3;2*1H/t12-;;/m1../s1. The number of nitrogens with one attached hydrogen (secondary N) is 1. The highest BCUT2D eigenvalue weighted by molar-refractivity contribution is 9.10. The maximum absolute atomic E-state index is 13.5. The van der Waals surface area contributed by atoms with Crippen molar-refractivity contribution in [1.29, 1.82) is 0 Å². The molecule has 0 aliphatic carbocycles. The number of piperazine rings is 1. The predicted molar refractivity (Wildman–Crippen MR) is 90.1 cm³/mol. The van der Waals surface area contributed by atoms with Crippen molar-refractivity contribution in [3.8, 4) is 11.5 Å². The molecule has 0 spiro atoms. The smallest absolute Gasteiger partial charge is 0.408 e. The number of methoxy groups -OCH3 is 1. The Morgan fingerprint density at radius 3 is 2.30 bits per heavy atom. The highest BCUT2D eigenvalue weighted by Crippen LogP contribution is 2.45. The van der Waals surface area contributed by atoms with Gasteiger partial charge >= 0.3 is 6.18 Å². The zero-order valence-electron chi connectivity index (χ0n) is 12.2. The van der Waals surface area contributed by atoms with E-state index in [0.29, 0.717) is 17.6 Å². The summed E-state index contributed by atoms with van der Waals surface area (Å²) in [5, 5.41) is 13.1. The molecule has 2 N–H and O–H groups in total. The van der Waals surface area contributed by atoms with Crippen molar-refractivity contribution in [2.45, 2.75) is 12.2 Å². The Labute approximate surface area is 153 Å². The van der Waals surface area contributed by atoms with Crippen LogP contribution in [0.5, 0.6) is 11.5 Å². The van der Waals surface area contributed by atoms with Crippen LogP contribution in [0.4, 0.5) is 13.2 Å². The van der Waals surface area contributed by atoms with Crippen LogP contribution in [0.15, 0.2) is 16.6 Å². The average Bonchev–Trinajstić information content (AvgIpc) is 2.42. The number of alkyl halides is 3. The number of phenols is 1. The van der Waals surface area contributed by atoms with Gasteiger partial charge in [-0.15, -0.1) is 24.8 Å². The van der Waals surface area contributed by atoms with Gasteiger partial charge in [0.05, 0.1) is 7.11 Å². The summed E-state index contributed by atoms with van der Waals surface area (Å²) in [4.78, 5) is 1.32. The van der Waals surface area contributed by atoms with Gasteiger partial charge in [0.2, 0.25) is 0 Å². The van der Waals surface area contributed by atoms with E-state index in [9.17, 15) is 18.3 Å². The third-order valence-corrected chi connectivity index (χ3v) is 3.87. The fourth-order valence-electron chi connectivity index (χ4n) is 2.48. The zero-order valence-corrected chi connectivity index (χ0v) is 15.4. The van der Waals surface area contributed by atoms with Crippen molar-refractivity contribution in [1.82, 2.24) is 10.2 Å². The second-order valence-electron chi connectivity index (χ2n) is 4.78. The molecular weight excluding hydrogens is 424 g/mol. The Kier molecular flexibility index (Phi) is 9.01. The molecule has 1 aliphatic rings. The van der Waals surface area contributed by atoms with E-state index in [2.05, 4.69) is 21.2 Å². The van der Waals surface area contributed by atoms with E-state index in [1.807, 2.05) is 0 Å². The maximum atomic E-state index is 13.5. The number of rotatable bonds is 3. The number of halogens is 6. The molecule has 1 atom stereocenters. The molecule has 0 bridgehead atoms. The van der Waals surface area contributed by atoms with Crippen LogP contribution in [0.1, 0.15) is 11.6 Å². The van der Waals surface area contributed by atoms with Crippen molar-refractivity contribution in [3.05, 3.63) is 22.2 Å². The number of hydrogen-bond donors (Lipinski definition) is 2. The van der Waals surface area contributed by atoms with Gasteiger partial charge < -0.3 is 15.2 Å². The van der Waals surface area contributed by atoms with Crippen LogP contribution in [-0.4, -0.2) is 49.5 Å². The van der Waals surface area contributed by atoms with Crippen LogP contribution in [0.2, 0.25) is 0 Å². The summed E-state index contributed by atoms with van der Waals surface area (Å²) >= 11 is 3.16. The Morgan fingerprint density at radius 1 is 1.26 bits per heavy atom. The number of aromatic hydroxyl groups is 1. The highest BCUT2D eigenvalue weighted by Gasteiger charge is 2.46. The first kappa shape index (κ1) is 22.6. The van der Waals surface area contributed by atoms with Crippen molar-refractivity contribution < 1.29 is 23.0 Å². The lowest BCUT2D eigenvalue weighted by Crippen LogP contribution is -2.49. The summed E-state index contributed by atoms with van der Waals surface area (Å²) in [6.45, 7) is 1.49. The first-order valence-corrected chi connectivity index (χ1v) is 7.21. The van der Waals surface area contributed by atoms with Crippen LogP contribution < -0.4 is 10.1 Å². The lowest BCUT2D eigenvalue weighted by molar-refractivity contribution is -0.188. The molecular formula is C13H18BrCl2F3N2O2. The quantitative estimate of drug-likeness (QED) is 0.753. The Morgan fingerprint density at radius 2 is 1.83 bits per heavy atom. The number of phenolic OH excluding ortho intramolecular Hbond substituents is 1. The van der Waals surface area contributed by atoms with Gasteiger partial charge in [-0.2, -0.15) is 13.2 Å². The van der Waals surface area contributed by atoms with Crippen LogP contribution in [0.25, 0.3) is 0 Å². The van der Waals surface area contributed by atoms with Crippen LogP contribution in [0.3, 0.4) is 0 Å². The molecule has 1 aliphatic heterocycles. The van der Waals surface area contributed by atoms with E-state index in [4.69, 9.17) is 4.74 Å². The third-order valence-electron chi connectivity index (χ3n) is 3.41. The predicted octanol–water partition coefficient (Wildman–Crippen LogP) is 3.52. The van der Waals surface area contributed by atoms with Gasteiger partial charge in [0, 0.05) is 36.2 Å². The molecule has 1 fully saturated rings. The average molecular weight is 442 g/mol. The molecule has 23 heavy (non-hydrogen) atoms. The van der Waals surface area contributed by atoms with Gasteiger partial charge in [-0.05, 0) is 12.1 Å². The second kappa shape index (κ2) is 9.17. The van der Waals surface area contributed by atoms with E-state index < -0.39 is 18.0 Å². The molecule has 1 heterocycles. The first-order chi connectivity index (χ1) is 9.84. The van der Waals surface area contributed by atoms with Crippen LogP contribution in [0, 0.1) is 0 Å². The fourth-order valence-corrected chi connectivity index (χ4v) is 2.93. The first-order valence-electron chi connectivity index (χ1n) is 6.42. The number of hydrogen-bond acceptors (Lipinski definition) is 4. The monoisotopic (exact) mass is 440 g/mol. The molecule has 134 valence electrons. The molecule has 0 amide bonds. The minimum atomic E-state index is -4.49. The SMILES string of the molecule is COc1cc(Br)cc([C@@H](N2CCNCC2)C(F)(F)F)c1O.Cl.Cl. The molecule has 0 radical (unpaired) electrons. The molecule has 1 aromatic carbocycles. The topological polar surface area (TPSA) is 44.7 Å². The summed E-state index contributed by atoms with van der Waals surface area (Å²) in [5.74, 6) is -0.453. The van der Waals surface area contributed by atoms with Gasteiger partial charge in [0.25, 0.3) is 0 Å². The second-order valence-corrected chi connectivity index (χ2v) is 5.69. The van der Waals surface area contributed by atoms with Crippen molar-refractivity contribution in [2.24, 2.45) is 0 Å². The van der Waals surface area contributed by atoms with Crippen molar-refractivity contribution in [3.63, 3.8) is 0 Å². The largest absolute Gasteiger partial charge is 0.504 e. The third kappa shape index (κ3) is 5.29. The normalized spacial score (nSPS) is 16.9. The fraction of sp³-hybridized carbons (Fsp3) is 0.538. The van der Waals surface area contributed by atoms with E-state index in [0.717, 1.165) is 0 Å². The summed E-state index contributed by atoms with van der Waals surface area (Å²) in [7, 11) is 1.30. The summed E-state index contributed by atoms with van der Waals surface area (Å²) in [6.07, 6.45) is -4.49. The van der Waals surface area contributed by atoms with E-state index in [-0.39, 0.29) is 49.2 Å². The van der Waals surface area contributed by atoms with Crippen LogP contribution in [-0.2, 0) is 0 Å². The molecule has 0 unspecified atom stereocenters. The summed E-state index contributed by atoms with van der Waals surface area (Å²) in [5.41, 5.74) is -0.198. The Bertz CT molecular complexity index is 515. The Balaban J connectivity index is 0.00000242. The molecule has 0 saturated carbocycles. The lowest BCUT2D eigenvalue weighted by atomic mass is 10.0. The number of nitrogens with zero attached hydrogens (tertiary/aromatic N) is 1. The highest BCUT2D eigenvalue weighted by atomic mass is 79.9. The minimum absolute atomic E-state index is 0. The van der Waals surface area contributed by atoms with Crippen molar-refractivity contribution in [2.75, 3.05) is 33.3 Å². The molecule has 1 aromatic rings. The summed E-state index contributed by atoms with van der Waals surface area (Å²) < 4.78 is 45.9. The number of ether oxygens (including phenoxy) is 1. The van der Waals surface area contributed by atoms with Gasteiger partial charge in [-0.3, -0.25) is 4.90 Å². The summed E-state index contributed by atoms with van der Waals surface area (Å²) in [6, 6.07) is 0.869. The zero-order chi connectivity index (χ0) is 15.6. The molecule has 1 saturated heterocycles. The molecule has 10 heteroatoms. The van der Waals surface area contributed by atoms with Crippen LogP contribution >= 0.6 is 40.7 Å². The van der Waals surface area contributed by atoms with Gasteiger partial charge in [-0.25, -0.2) is 0 Å². The van der Waals surface area contributed by atoms with E-state index >= 15 is 0 Å².